The molecule has 2 heterocycles. The third kappa shape index (κ3) is 4.17. The number of Topliss-reactive ketones (excluding diaryl/α,β-unsaturated/α-hetero) is 1. The molecule has 1 aliphatic heterocycles. The van der Waals surface area contributed by atoms with Crippen molar-refractivity contribution in [1.82, 2.24) is 14.9 Å². The highest BCUT2D eigenvalue weighted by Gasteiger charge is 2.17. The van der Waals surface area contributed by atoms with Gasteiger partial charge < -0.3 is 9.72 Å². The number of benzene rings is 2. The summed E-state index contributed by atoms with van der Waals surface area (Å²) in [6, 6.07) is 15.7. The molecule has 0 saturated carbocycles. The zero-order valence-corrected chi connectivity index (χ0v) is 16.5. The lowest BCUT2D eigenvalue weighted by Gasteiger charge is -2.26. The number of imidazole rings is 1. The van der Waals surface area contributed by atoms with Crippen LogP contribution in [0.3, 0.4) is 0 Å². The average Bonchev–Trinajstić information content (AvgIpc) is 3.16. The number of nitrogens with zero attached hydrogens (tertiary/aromatic N) is 2. The number of ether oxygens (including phenoxy) is 1. The number of morpholine rings is 1. The Morgan fingerprint density at radius 1 is 1.07 bits per heavy atom. The summed E-state index contributed by atoms with van der Waals surface area (Å²) in [5, 5.41) is 0.653. The van der Waals surface area contributed by atoms with Gasteiger partial charge in [-0.1, -0.05) is 48.0 Å². The second-order valence-electron chi connectivity index (χ2n) is 6.96. The fourth-order valence-electron chi connectivity index (χ4n) is 3.37. The number of H-pyrrole nitrogens is 1. The molecule has 1 aromatic heterocycles. The molecule has 4 rings (SSSR count). The van der Waals surface area contributed by atoms with Crippen LogP contribution < -0.4 is 0 Å². The highest BCUT2D eigenvalue weighted by Crippen LogP contribution is 2.28. The summed E-state index contributed by atoms with van der Waals surface area (Å²) in [5.74, 6) is 0.640. The van der Waals surface area contributed by atoms with Gasteiger partial charge >= 0.3 is 0 Å². The first kappa shape index (κ1) is 18.9. The normalized spacial score (nSPS) is 14.9. The van der Waals surface area contributed by atoms with Crippen LogP contribution >= 0.6 is 11.6 Å². The first-order valence-corrected chi connectivity index (χ1v) is 9.74. The molecule has 1 fully saturated rings. The summed E-state index contributed by atoms with van der Waals surface area (Å²) in [5.41, 5.74) is 4.22. The number of rotatable bonds is 5. The van der Waals surface area contributed by atoms with Crippen molar-refractivity contribution in [2.45, 2.75) is 13.5 Å². The Morgan fingerprint density at radius 3 is 2.36 bits per heavy atom. The van der Waals surface area contributed by atoms with E-state index in [1.165, 1.54) is 5.56 Å². The zero-order valence-electron chi connectivity index (χ0n) is 15.7. The van der Waals surface area contributed by atoms with E-state index < -0.39 is 0 Å². The molecular weight excluding hydrogens is 374 g/mol. The van der Waals surface area contributed by atoms with E-state index in [4.69, 9.17) is 21.3 Å². The van der Waals surface area contributed by atoms with Gasteiger partial charge in [0.25, 0.3) is 0 Å². The van der Waals surface area contributed by atoms with Crippen molar-refractivity contribution < 1.29 is 9.53 Å². The molecule has 0 unspecified atom stereocenters. The molecule has 5 nitrogen and oxygen atoms in total. The molecule has 1 aliphatic rings. The van der Waals surface area contributed by atoms with Gasteiger partial charge in [-0.3, -0.25) is 9.69 Å². The third-order valence-corrected chi connectivity index (χ3v) is 5.16. The van der Waals surface area contributed by atoms with E-state index in [0.717, 1.165) is 44.0 Å². The smallest absolute Gasteiger partial charge is 0.178 e. The molecule has 144 valence electrons. The molecule has 1 N–H and O–H groups in total. The van der Waals surface area contributed by atoms with Crippen LogP contribution in [0.4, 0.5) is 0 Å². The lowest BCUT2D eigenvalue weighted by molar-refractivity contribution is 0.0342. The Morgan fingerprint density at radius 2 is 1.71 bits per heavy atom. The molecule has 28 heavy (non-hydrogen) atoms. The number of nitrogens with one attached hydrogen (secondary N) is 1. The molecule has 2 aromatic carbocycles. The highest BCUT2D eigenvalue weighted by molar-refractivity contribution is 6.30. The maximum Gasteiger partial charge on any atom is 0.178 e. The van der Waals surface area contributed by atoms with Crippen molar-refractivity contribution in [2.24, 2.45) is 0 Å². The van der Waals surface area contributed by atoms with Crippen molar-refractivity contribution in [3.63, 3.8) is 0 Å². The van der Waals surface area contributed by atoms with Crippen LogP contribution in [0.5, 0.6) is 0 Å². The molecule has 6 heteroatoms. The first-order valence-electron chi connectivity index (χ1n) is 9.36. The standard InChI is InChI=1S/C22H22ClN3O2/c1-15(27)20-21(17-6-8-19(23)9-7-17)25-22(24-20)18-4-2-16(3-5-18)14-26-10-12-28-13-11-26/h2-9H,10-14H2,1H3,(H,24,25). The minimum atomic E-state index is -0.0485. The van der Waals surface area contributed by atoms with Gasteiger partial charge in [0, 0.05) is 42.7 Å². The number of hydrogen-bond acceptors (Lipinski definition) is 4. The second-order valence-corrected chi connectivity index (χ2v) is 7.39. The highest BCUT2D eigenvalue weighted by atomic mass is 35.5. The van der Waals surface area contributed by atoms with Crippen LogP contribution in [-0.2, 0) is 11.3 Å². The lowest BCUT2D eigenvalue weighted by Crippen LogP contribution is -2.35. The topological polar surface area (TPSA) is 58.2 Å². The van der Waals surface area contributed by atoms with Gasteiger partial charge in [0.15, 0.2) is 5.78 Å². The average molecular weight is 396 g/mol. The number of hydrogen-bond donors (Lipinski definition) is 1. The van der Waals surface area contributed by atoms with Crippen LogP contribution in [0, 0.1) is 0 Å². The molecule has 0 spiro atoms. The van der Waals surface area contributed by atoms with Gasteiger partial charge in [-0.2, -0.15) is 0 Å². The first-order chi connectivity index (χ1) is 13.6. The van der Waals surface area contributed by atoms with Crippen LogP contribution in [-0.4, -0.2) is 47.0 Å². The number of carbonyl (C=O) groups is 1. The predicted molar refractivity (Wildman–Crippen MR) is 111 cm³/mol. The van der Waals surface area contributed by atoms with Gasteiger partial charge in [-0.05, 0) is 17.7 Å². The summed E-state index contributed by atoms with van der Waals surface area (Å²) in [6.07, 6.45) is 0. The van der Waals surface area contributed by atoms with Crippen molar-refractivity contribution in [3.8, 4) is 22.6 Å². The summed E-state index contributed by atoms with van der Waals surface area (Å²) >= 11 is 5.98. The molecule has 0 radical (unpaired) electrons. The van der Waals surface area contributed by atoms with Gasteiger partial charge in [-0.15, -0.1) is 0 Å². The summed E-state index contributed by atoms with van der Waals surface area (Å²) in [6.45, 7) is 5.98. The van der Waals surface area contributed by atoms with E-state index in [2.05, 4.69) is 22.0 Å². The van der Waals surface area contributed by atoms with Gasteiger partial charge in [0.05, 0.1) is 18.9 Å². The minimum absolute atomic E-state index is 0.0485. The molecule has 0 bridgehead atoms. The van der Waals surface area contributed by atoms with E-state index >= 15 is 0 Å². The largest absolute Gasteiger partial charge is 0.379 e. The molecule has 0 aliphatic carbocycles. The van der Waals surface area contributed by atoms with E-state index in [0.29, 0.717) is 22.2 Å². The molecule has 1 saturated heterocycles. The maximum atomic E-state index is 12.1. The Bertz CT molecular complexity index is 958. The van der Waals surface area contributed by atoms with Crippen LogP contribution in [0.25, 0.3) is 22.6 Å². The van der Waals surface area contributed by atoms with Crippen molar-refractivity contribution in [1.29, 1.82) is 0 Å². The van der Waals surface area contributed by atoms with Crippen molar-refractivity contribution in [2.75, 3.05) is 26.3 Å². The fourth-order valence-corrected chi connectivity index (χ4v) is 3.49. The van der Waals surface area contributed by atoms with E-state index in [1.807, 2.05) is 24.3 Å². The number of ketones is 1. The molecule has 0 atom stereocenters. The zero-order chi connectivity index (χ0) is 19.5. The Kier molecular flexibility index (Phi) is 5.57. The maximum absolute atomic E-state index is 12.1. The van der Waals surface area contributed by atoms with E-state index in [1.54, 1.807) is 19.1 Å². The van der Waals surface area contributed by atoms with Crippen LogP contribution in [0.2, 0.25) is 5.02 Å². The van der Waals surface area contributed by atoms with Gasteiger partial charge in [0.2, 0.25) is 0 Å². The van der Waals surface area contributed by atoms with Crippen LogP contribution in [0.15, 0.2) is 48.5 Å². The summed E-state index contributed by atoms with van der Waals surface area (Å²) < 4.78 is 5.40. The number of aromatic nitrogens is 2. The Labute approximate surface area is 169 Å². The molecule has 0 amide bonds. The third-order valence-electron chi connectivity index (χ3n) is 4.91. The quantitative estimate of drug-likeness (QED) is 0.649. The summed E-state index contributed by atoms with van der Waals surface area (Å²) in [7, 11) is 0. The molecule has 3 aromatic rings. The number of halogens is 1. The Balaban J connectivity index is 1.59. The van der Waals surface area contributed by atoms with Crippen molar-refractivity contribution >= 4 is 17.4 Å². The van der Waals surface area contributed by atoms with Gasteiger partial charge in [0.1, 0.15) is 11.5 Å². The molecular formula is C22H22ClN3O2. The SMILES string of the molecule is CC(=O)c1[nH]c(-c2ccc(CN3CCOCC3)cc2)nc1-c1ccc(Cl)cc1. The second kappa shape index (κ2) is 8.27. The fraction of sp³-hybridized carbons (Fsp3) is 0.273. The Hall–Kier alpha value is -2.47. The number of aromatic amines is 1. The number of carbonyl (C=O) groups excluding carboxylic acids is 1. The van der Waals surface area contributed by atoms with Crippen molar-refractivity contribution in [3.05, 3.63) is 64.8 Å². The van der Waals surface area contributed by atoms with Gasteiger partial charge in [-0.25, -0.2) is 4.98 Å². The minimum Gasteiger partial charge on any atom is -0.379 e. The lowest BCUT2D eigenvalue weighted by atomic mass is 10.1. The van der Waals surface area contributed by atoms with E-state index in [9.17, 15) is 4.79 Å². The summed E-state index contributed by atoms with van der Waals surface area (Å²) in [4.78, 5) is 22.4. The van der Waals surface area contributed by atoms with E-state index in [-0.39, 0.29) is 5.78 Å². The predicted octanol–water partition coefficient (Wildman–Crippen LogP) is 4.43. The monoisotopic (exact) mass is 395 g/mol. The van der Waals surface area contributed by atoms with Crippen LogP contribution in [0.1, 0.15) is 23.0 Å².